The van der Waals surface area contributed by atoms with E-state index in [4.69, 9.17) is 5.73 Å². The Morgan fingerprint density at radius 2 is 1.93 bits per heavy atom. The number of Topliss-reactive ketones (excluding diaryl/α,β-unsaturated/α-hetero) is 1. The minimum atomic E-state index is -0.472. The van der Waals surface area contributed by atoms with Gasteiger partial charge in [0.1, 0.15) is 5.78 Å². The Morgan fingerprint density at radius 1 is 1.36 bits per heavy atom. The monoisotopic (exact) mass is 191 g/mol. The molecule has 1 aromatic rings. The van der Waals surface area contributed by atoms with Crippen LogP contribution in [0.25, 0.3) is 0 Å². The molecule has 0 spiro atoms. The Morgan fingerprint density at radius 3 is 2.43 bits per heavy atom. The highest BCUT2D eigenvalue weighted by molar-refractivity contribution is 5.90. The van der Waals surface area contributed by atoms with E-state index in [0.717, 1.165) is 5.56 Å². The lowest BCUT2D eigenvalue weighted by atomic mass is 9.79. The Labute approximate surface area is 85.1 Å². The molecule has 76 valence electrons. The van der Waals surface area contributed by atoms with Crippen molar-refractivity contribution in [3.8, 4) is 0 Å². The maximum Gasteiger partial charge on any atom is 0.142 e. The lowest BCUT2D eigenvalue weighted by Crippen LogP contribution is -2.29. The quantitative estimate of drug-likeness (QED) is 0.746. The molecule has 2 heteroatoms. The van der Waals surface area contributed by atoms with Crippen LogP contribution in [0.3, 0.4) is 0 Å². The number of rotatable bonds is 3. The van der Waals surface area contributed by atoms with Crippen LogP contribution in [0.5, 0.6) is 0 Å². The summed E-state index contributed by atoms with van der Waals surface area (Å²) >= 11 is 0. The number of ketones is 1. The predicted octanol–water partition coefficient (Wildman–Crippen LogP) is 2.53. The van der Waals surface area contributed by atoms with Crippen molar-refractivity contribution in [2.24, 2.45) is 0 Å². The summed E-state index contributed by atoms with van der Waals surface area (Å²) in [5, 5.41) is 0. The highest BCUT2D eigenvalue weighted by Gasteiger charge is 2.29. The molecule has 0 radical (unpaired) electrons. The van der Waals surface area contributed by atoms with E-state index in [9.17, 15) is 4.79 Å². The molecule has 14 heavy (non-hydrogen) atoms. The summed E-state index contributed by atoms with van der Waals surface area (Å²) in [6.07, 6.45) is 0.543. The average molecular weight is 191 g/mol. The molecule has 0 bridgehead atoms. The van der Waals surface area contributed by atoms with Gasteiger partial charge in [0.05, 0.1) is 5.41 Å². The van der Waals surface area contributed by atoms with E-state index in [1.165, 1.54) is 0 Å². The van der Waals surface area contributed by atoms with Crippen LogP contribution >= 0.6 is 0 Å². The molecule has 0 aliphatic rings. The lowest BCUT2D eigenvalue weighted by molar-refractivity contribution is -0.123. The molecule has 1 rings (SSSR count). The Kier molecular flexibility index (Phi) is 2.94. The maximum atomic E-state index is 11.7. The number of para-hydroxylation sites is 1. The molecular formula is C12H17NO. The second-order valence-corrected chi connectivity index (χ2v) is 3.99. The first kappa shape index (κ1) is 10.8. The second-order valence-electron chi connectivity index (χ2n) is 3.99. The molecule has 0 saturated heterocycles. The Bertz CT molecular complexity index is 342. The van der Waals surface area contributed by atoms with Crippen LogP contribution in [0.15, 0.2) is 24.3 Å². The molecular weight excluding hydrogens is 174 g/mol. The zero-order valence-corrected chi connectivity index (χ0v) is 9.00. The fraction of sp³-hybridized carbons (Fsp3) is 0.417. The zero-order valence-electron chi connectivity index (χ0n) is 9.00. The molecule has 1 aromatic carbocycles. The minimum Gasteiger partial charge on any atom is -0.398 e. The standard InChI is InChI=1S/C12H17NO/c1-4-11(14)12(2,3)9-7-5-6-8-10(9)13/h5-8H,4,13H2,1-3H3. The highest BCUT2D eigenvalue weighted by atomic mass is 16.1. The van der Waals surface area contributed by atoms with Crippen LogP contribution in [-0.4, -0.2) is 5.78 Å². The molecule has 0 aliphatic carbocycles. The minimum absolute atomic E-state index is 0.218. The zero-order chi connectivity index (χ0) is 10.8. The highest BCUT2D eigenvalue weighted by Crippen LogP contribution is 2.29. The third-order valence-electron chi connectivity index (χ3n) is 2.65. The van der Waals surface area contributed by atoms with Gasteiger partial charge in [-0.2, -0.15) is 0 Å². The van der Waals surface area contributed by atoms with Crippen LogP contribution < -0.4 is 5.73 Å². The van der Waals surface area contributed by atoms with Crippen LogP contribution in [0, 0.1) is 0 Å². The van der Waals surface area contributed by atoms with E-state index in [1.54, 1.807) is 0 Å². The van der Waals surface area contributed by atoms with Gasteiger partial charge >= 0.3 is 0 Å². The van der Waals surface area contributed by atoms with Gasteiger partial charge < -0.3 is 5.73 Å². The van der Waals surface area contributed by atoms with Crippen molar-refractivity contribution in [1.82, 2.24) is 0 Å². The van der Waals surface area contributed by atoms with E-state index in [1.807, 2.05) is 45.0 Å². The summed E-state index contributed by atoms with van der Waals surface area (Å²) in [5.74, 6) is 0.218. The number of nitrogen functional groups attached to an aromatic ring is 1. The number of benzene rings is 1. The average Bonchev–Trinajstić information content (AvgIpc) is 2.17. The number of nitrogens with two attached hydrogens (primary N) is 1. The fourth-order valence-corrected chi connectivity index (χ4v) is 1.66. The van der Waals surface area contributed by atoms with Gasteiger partial charge in [-0.15, -0.1) is 0 Å². The van der Waals surface area contributed by atoms with Crippen molar-refractivity contribution in [1.29, 1.82) is 0 Å². The molecule has 0 unspecified atom stereocenters. The molecule has 0 aliphatic heterocycles. The molecule has 2 N–H and O–H groups in total. The third-order valence-corrected chi connectivity index (χ3v) is 2.65. The number of hydrogen-bond donors (Lipinski definition) is 1. The van der Waals surface area contributed by atoms with E-state index in [-0.39, 0.29) is 5.78 Å². The van der Waals surface area contributed by atoms with Crippen LogP contribution in [0.4, 0.5) is 5.69 Å². The second kappa shape index (κ2) is 3.82. The van der Waals surface area contributed by atoms with Gasteiger partial charge in [-0.3, -0.25) is 4.79 Å². The number of carbonyl (C=O) groups is 1. The van der Waals surface area contributed by atoms with Gasteiger partial charge in [-0.25, -0.2) is 0 Å². The largest absolute Gasteiger partial charge is 0.398 e. The molecule has 0 amide bonds. The van der Waals surface area contributed by atoms with Gasteiger partial charge in [0.25, 0.3) is 0 Å². The number of carbonyl (C=O) groups excluding carboxylic acids is 1. The van der Waals surface area contributed by atoms with Crippen LogP contribution in [0.2, 0.25) is 0 Å². The third kappa shape index (κ3) is 1.79. The first-order valence-corrected chi connectivity index (χ1v) is 4.88. The first-order chi connectivity index (χ1) is 6.50. The van der Waals surface area contributed by atoms with Crippen molar-refractivity contribution in [3.05, 3.63) is 29.8 Å². The van der Waals surface area contributed by atoms with Crippen molar-refractivity contribution < 1.29 is 4.79 Å². The summed E-state index contributed by atoms with van der Waals surface area (Å²) in [5.41, 5.74) is 6.99. The number of anilines is 1. The summed E-state index contributed by atoms with van der Waals surface area (Å²) in [4.78, 5) is 11.7. The predicted molar refractivity (Wildman–Crippen MR) is 59.2 cm³/mol. The SMILES string of the molecule is CCC(=O)C(C)(C)c1ccccc1N. The van der Waals surface area contributed by atoms with Gasteiger partial charge in [-0.05, 0) is 25.5 Å². The Hall–Kier alpha value is -1.31. The smallest absolute Gasteiger partial charge is 0.142 e. The Balaban J connectivity index is 3.16. The first-order valence-electron chi connectivity index (χ1n) is 4.88. The molecule has 0 aromatic heterocycles. The molecule has 0 heterocycles. The van der Waals surface area contributed by atoms with E-state index >= 15 is 0 Å². The topological polar surface area (TPSA) is 43.1 Å². The normalized spacial score (nSPS) is 11.4. The van der Waals surface area contributed by atoms with Crippen molar-refractivity contribution in [3.63, 3.8) is 0 Å². The van der Waals surface area contributed by atoms with Crippen molar-refractivity contribution in [2.75, 3.05) is 5.73 Å². The summed E-state index contributed by atoms with van der Waals surface area (Å²) < 4.78 is 0. The summed E-state index contributed by atoms with van der Waals surface area (Å²) in [6.45, 7) is 5.72. The van der Waals surface area contributed by atoms with Gasteiger partial charge in [0.2, 0.25) is 0 Å². The van der Waals surface area contributed by atoms with Crippen LogP contribution in [0.1, 0.15) is 32.8 Å². The maximum absolute atomic E-state index is 11.7. The van der Waals surface area contributed by atoms with Crippen molar-refractivity contribution >= 4 is 11.5 Å². The van der Waals surface area contributed by atoms with E-state index < -0.39 is 5.41 Å². The molecule has 2 nitrogen and oxygen atoms in total. The van der Waals surface area contributed by atoms with Gasteiger partial charge in [0, 0.05) is 12.1 Å². The van der Waals surface area contributed by atoms with Crippen LogP contribution in [-0.2, 0) is 10.2 Å². The number of hydrogen-bond acceptors (Lipinski definition) is 2. The van der Waals surface area contributed by atoms with Gasteiger partial charge in [-0.1, -0.05) is 25.1 Å². The molecule has 0 atom stereocenters. The summed E-state index contributed by atoms with van der Waals surface area (Å²) in [6, 6.07) is 7.55. The van der Waals surface area contributed by atoms with Crippen molar-refractivity contribution in [2.45, 2.75) is 32.6 Å². The van der Waals surface area contributed by atoms with E-state index in [2.05, 4.69) is 0 Å². The fourth-order valence-electron chi connectivity index (χ4n) is 1.66. The lowest BCUT2D eigenvalue weighted by Gasteiger charge is -2.24. The van der Waals surface area contributed by atoms with Gasteiger partial charge in [0.15, 0.2) is 0 Å². The molecule has 0 saturated carbocycles. The van der Waals surface area contributed by atoms with E-state index in [0.29, 0.717) is 12.1 Å². The summed E-state index contributed by atoms with van der Waals surface area (Å²) in [7, 11) is 0. The molecule has 0 fully saturated rings.